The highest BCUT2D eigenvalue weighted by Crippen LogP contribution is 2.07. The lowest BCUT2D eigenvalue weighted by molar-refractivity contribution is -0.302. The third-order valence-corrected chi connectivity index (χ3v) is 2.49. The van der Waals surface area contributed by atoms with Gasteiger partial charge in [-0.2, -0.15) is 12.6 Å². The number of rotatable bonds is 9. The standard InChI is InChI=1S/C14H18O5S/c1-2-11-3-5-12(6-4-11)14(16)17-9-13(15)10-19-18-7-8-20/h2-6,13,15,20H,1,7-10H2. The molecule has 1 rings (SSSR count). The number of thiol groups is 1. The molecule has 0 amide bonds. The average Bonchev–Trinajstić information content (AvgIpc) is 2.49. The first-order chi connectivity index (χ1) is 9.67. The van der Waals surface area contributed by atoms with Crippen LogP contribution in [0.15, 0.2) is 30.8 Å². The first-order valence-corrected chi connectivity index (χ1v) is 6.73. The van der Waals surface area contributed by atoms with Crippen LogP contribution in [0.1, 0.15) is 15.9 Å². The van der Waals surface area contributed by atoms with Crippen molar-refractivity contribution < 1.29 is 24.4 Å². The summed E-state index contributed by atoms with van der Waals surface area (Å²) in [4.78, 5) is 21.1. The van der Waals surface area contributed by atoms with Gasteiger partial charge in [0.25, 0.3) is 0 Å². The molecule has 1 aromatic rings. The van der Waals surface area contributed by atoms with Crippen molar-refractivity contribution in [1.29, 1.82) is 0 Å². The molecule has 1 N–H and O–H groups in total. The van der Waals surface area contributed by atoms with E-state index in [2.05, 4.69) is 24.1 Å². The number of aliphatic hydroxyl groups excluding tert-OH is 1. The van der Waals surface area contributed by atoms with E-state index in [1.54, 1.807) is 30.3 Å². The van der Waals surface area contributed by atoms with Crippen molar-refractivity contribution in [2.75, 3.05) is 25.6 Å². The Hall–Kier alpha value is -1.34. The molecule has 0 saturated heterocycles. The number of esters is 1. The summed E-state index contributed by atoms with van der Waals surface area (Å²) in [7, 11) is 0. The molecule has 0 bridgehead atoms. The topological polar surface area (TPSA) is 65.0 Å². The summed E-state index contributed by atoms with van der Waals surface area (Å²) in [6.07, 6.45) is 0.743. The van der Waals surface area contributed by atoms with Crippen molar-refractivity contribution in [3.63, 3.8) is 0 Å². The van der Waals surface area contributed by atoms with E-state index in [-0.39, 0.29) is 13.2 Å². The minimum Gasteiger partial charge on any atom is -0.459 e. The third-order valence-electron chi connectivity index (χ3n) is 2.31. The van der Waals surface area contributed by atoms with Crippen LogP contribution in [-0.2, 0) is 14.5 Å². The maximum Gasteiger partial charge on any atom is 0.338 e. The highest BCUT2D eigenvalue weighted by molar-refractivity contribution is 7.80. The van der Waals surface area contributed by atoms with Gasteiger partial charge in [0.2, 0.25) is 0 Å². The Morgan fingerprint density at radius 3 is 2.60 bits per heavy atom. The monoisotopic (exact) mass is 298 g/mol. The summed E-state index contributed by atoms with van der Waals surface area (Å²) in [5, 5.41) is 9.51. The van der Waals surface area contributed by atoms with Gasteiger partial charge in [-0.25, -0.2) is 14.6 Å². The van der Waals surface area contributed by atoms with Crippen molar-refractivity contribution >= 4 is 24.7 Å². The number of aliphatic hydroxyl groups is 1. The maximum absolute atomic E-state index is 11.7. The molecule has 0 aliphatic rings. The zero-order valence-corrected chi connectivity index (χ0v) is 11.9. The lowest BCUT2D eigenvalue weighted by atomic mass is 10.1. The number of hydrogen-bond acceptors (Lipinski definition) is 6. The van der Waals surface area contributed by atoms with Crippen LogP contribution in [0.25, 0.3) is 6.08 Å². The Bertz CT molecular complexity index is 418. The molecule has 0 aliphatic heterocycles. The van der Waals surface area contributed by atoms with E-state index in [1.807, 2.05) is 0 Å². The number of hydrogen-bond donors (Lipinski definition) is 2. The molecule has 0 saturated carbocycles. The predicted molar refractivity (Wildman–Crippen MR) is 78.6 cm³/mol. The van der Waals surface area contributed by atoms with Gasteiger partial charge in [0, 0.05) is 5.75 Å². The second kappa shape index (κ2) is 9.55. The Labute approximate surface area is 123 Å². The second-order valence-electron chi connectivity index (χ2n) is 3.91. The molecule has 0 spiro atoms. The molecule has 6 heteroatoms. The highest BCUT2D eigenvalue weighted by Gasteiger charge is 2.11. The SMILES string of the molecule is C=Cc1ccc(C(=O)OCC(O)COOCCS)cc1. The van der Waals surface area contributed by atoms with Gasteiger partial charge in [-0.15, -0.1) is 0 Å². The van der Waals surface area contributed by atoms with Crippen LogP contribution in [0.4, 0.5) is 0 Å². The van der Waals surface area contributed by atoms with Crippen LogP contribution >= 0.6 is 12.6 Å². The largest absolute Gasteiger partial charge is 0.459 e. The molecule has 0 aromatic heterocycles. The molecule has 1 aromatic carbocycles. The van der Waals surface area contributed by atoms with Crippen molar-refractivity contribution in [3.05, 3.63) is 42.0 Å². The molecule has 0 aliphatic carbocycles. The summed E-state index contributed by atoms with van der Waals surface area (Å²) in [6.45, 7) is 3.72. The van der Waals surface area contributed by atoms with E-state index in [9.17, 15) is 9.90 Å². The molecule has 5 nitrogen and oxygen atoms in total. The molecule has 110 valence electrons. The van der Waals surface area contributed by atoms with Crippen LogP contribution in [0.2, 0.25) is 0 Å². The van der Waals surface area contributed by atoms with Crippen LogP contribution in [0.5, 0.6) is 0 Å². The summed E-state index contributed by atoms with van der Waals surface area (Å²) in [5.41, 5.74) is 1.33. The third kappa shape index (κ3) is 6.21. The number of carbonyl (C=O) groups is 1. The van der Waals surface area contributed by atoms with Gasteiger partial charge < -0.3 is 9.84 Å². The fourth-order valence-corrected chi connectivity index (χ4v) is 1.36. The molecule has 20 heavy (non-hydrogen) atoms. The molecule has 1 atom stereocenters. The second-order valence-corrected chi connectivity index (χ2v) is 4.36. The highest BCUT2D eigenvalue weighted by atomic mass is 32.1. The molecule has 0 heterocycles. The van der Waals surface area contributed by atoms with E-state index < -0.39 is 12.1 Å². The fourth-order valence-electron chi connectivity index (χ4n) is 1.28. The van der Waals surface area contributed by atoms with Crippen LogP contribution in [0, 0.1) is 0 Å². The fraction of sp³-hybridized carbons (Fsp3) is 0.357. The maximum atomic E-state index is 11.7. The first-order valence-electron chi connectivity index (χ1n) is 6.10. The Morgan fingerprint density at radius 2 is 2.00 bits per heavy atom. The summed E-state index contributed by atoms with van der Waals surface area (Å²) < 4.78 is 4.95. The first kappa shape index (κ1) is 16.7. The van der Waals surface area contributed by atoms with E-state index in [0.717, 1.165) is 5.56 Å². The summed E-state index contributed by atoms with van der Waals surface area (Å²) in [5.74, 6) is 0.0159. The minimum absolute atomic E-state index is 0.0730. The Morgan fingerprint density at radius 1 is 1.30 bits per heavy atom. The summed E-state index contributed by atoms with van der Waals surface area (Å²) in [6, 6.07) is 6.79. The average molecular weight is 298 g/mol. The van der Waals surface area contributed by atoms with E-state index >= 15 is 0 Å². The van der Waals surface area contributed by atoms with Gasteiger partial charge >= 0.3 is 5.97 Å². The molecular formula is C14H18O5S. The minimum atomic E-state index is -0.939. The van der Waals surface area contributed by atoms with E-state index in [1.165, 1.54) is 0 Å². The van der Waals surface area contributed by atoms with Crippen molar-refractivity contribution in [3.8, 4) is 0 Å². The predicted octanol–water partition coefficient (Wildman–Crippen LogP) is 1.73. The molecule has 1 unspecified atom stereocenters. The number of benzene rings is 1. The van der Waals surface area contributed by atoms with Crippen molar-refractivity contribution in [2.24, 2.45) is 0 Å². The van der Waals surface area contributed by atoms with Crippen LogP contribution < -0.4 is 0 Å². The van der Waals surface area contributed by atoms with E-state index in [0.29, 0.717) is 17.9 Å². The van der Waals surface area contributed by atoms with Crippen molar-refractivity contribution in [2.45, 2.75) is 6.10 Å². The Kier molecular flexibility index (Phi) is 7.98. The molecular weight excluding hydrogens is 280 g/mol. The number of ether oxygens (including phenoxy) is 1. The van der Waals surface area contributed by atoms with Gasteiger partial charge in [-0.3, -0.25) is 0 Å². The van der Waals surface area contributed by atoms with Gasteiger partial charge in [0.05, 0.1) is 12.2 Å². The van der Waals surface area contributed by atoms with E-state index in [4.69, 9.17) is 9.62 Å². The lowest BCUT2D eigenvalue weighted by Gasteiger charge is -2.11. The van der Waals surface area contributed by atoms with Gasteiger partial charge in [0.15, 0.2) is 0 Å². The Balaban J connectivity index is 2.29. The lowest BCUT2D eigenvalue weighted by Crippen LogP contribution is -2.24. The quantitative estimate of drug-likeness (QED) is 0.239. The molecule has 0 fully saturated rings. The smallest absolute Gasteiger partial charge is 0.338 e. The van der Waals surface area contributed by atoms with Gasteiger partial charge in [-0.1, -0.05) is 24.8 Å². The number of carbonyl (C=O) groups excluding carboxylic acids is 1. The zero-order valence-electron chi connectivity index (χ0n) is 11.0. The normalized spacial score (nSPS) is 11.9. The molecule has 0 radical (unpaired) electrons. The van der Waals surface area contributed by atoms with Gasteiger partial charge in [0.1, 0.15) is 19.3 Å². The van der Waals surface area contributed by atoms with Gasteiger partial charge in [-0.05, 0) is 17.7 Å². The summed E-state index contributed by atoms with van der Waals surface area (Å²) >= 11 is 3.92. The van der Waals surface area contributed by atoms with Crippen molar-refractivity contribution in [1.82, 2.24) is 0 Å². The zero-order chi connectivity index (χ0) is 14.8. The van der Waals surface area contributed by atoms with Crippen LogP contribution in [0.3, 0.4) is 0 Å². The van der Waals surface area contributed by atoms with Crippen LogP contribution in [-0.4, -0.2) is 42.8 Å².